The Bertz CT molecular complexity index is 116. The Morgan fingerprint density at radius 1 is 1.73 bits per heavy atom. The molecule has 0 aromatic rings. The van der Waals surface area contributed by atoms with Crippen molar-refractivity contribution in [1.29, 1.82) is 0 Å². The van der Waals surface area contributed by atoms with Crippen molar-refractivity contribution in [1.82, 2.24) is 0 Å². The molecule has 0 saturated heterocycles. The molecule has 0 aromatic heterocycles. The topological polar surface area (TPSA) is 46.5 Å². The van der Waals surface area contributed by atoms with Gasteiger partial charge in [-0.25, -0.2) is 4.79 Å². The van der Waals surface area contributed by atoms with Gasteiger partial charge in [-0.15, -0.1) is 0 Å². The monoisotopic (exact) mass is 178 g/mol. The number of ether oxygens (including phenoxy) is 1. The second-order valence-corrected chi connectivity index (χ2v) is 3.03. The van der Waals surface area contributed by atoms with Crippen molar-refractivity contribution in [2.75, 3.05) is 18.6 Å². The molecule has 0 aliphatic rings. The van der Waals surface area contributed by atoms with E-state index in [4.69, 9.17) is 5.11 Å². The smallest absolute Gasteiger partial charge is 0.334 e. The van der Waals surface area contributed by atoms with Crippen LogP contribution in [-0.2, 0) is 9.53 Å². The lowest BCUT2D eigenvalue weighted by Gasteiger charge is -2.07. The van der Waals surface area contributed by atoms with Gasteiger partial charge in [0.15, 0.2) is 6.10 Å². The zero-order valence-electron chi connectivity index (χ0n) is 6.87. The van der Waals surface area contributed by atoms with E-state index in [1.54, 1.807) is 18.7 Å². The lowest BCUT2D eigenvalue weighted by Crippen LogP contribution is -2.23. The molecule has 0 aromatic carbocycles. The summed E-state index contributed by atoms with van der Waals surface area (Å²) in [6.45, 7) is 2.05. The standard InChI is InChI=1S/C7H14O3S/c1-3-10-7(9)6(8)4-5-11-2/h6,8H,3-5H2,1-2H3. The van der Waals surface area contributed by atoms with Crippen LogP contribution in [0.25, 0.3) is 0 Å². The van der Waals surface area contributed by atoms with Crippen LogP contribution in [0.2, 0.25) is 0 Å². The summed E-state index contributed by atoms with van der Waals surface area (Å²) < 4.78 is 4.60. The number of rotatable bonds is 5. The zero-order valence-corrected chi connectivity index (χ0v) is 7.69. The van der Waals surface area contributed by atoms with Crippen molar-refractivity contribution < 1.29 is 14.6 Å². The number of carbonyl (C=O) groups excluding carboxylic acids is 1. The van der Waals surface area contributed by atoms with Gasteiger partial charge in [0.25, 0.3) is 0 Å². The second kappa shape index (κ2) is 6.49. The maximum Gasteiger partial charge on any atom is 0.334 e. The molecule has 0 aliphatic carbocycles. The molecule has 3 nitrogen and oxygen atoms in total. The molecule has 0 saturated carbocycles. The fraction of sp³-hybridized carbons (Fsp3) is 0.857. The van der Waals surface area contributed by atoms with E-state index in [9.17, 15) is 4.79 Å². The lowest BCUT2D eigenvalue weighted by molar-refractivity contribution is -0.153. The van der Waals surface area contributed by atoms with E-state index in [2.05, 4.69) is 4.74 Å². The van der Waals surface area contributed by atoms with Gasteiger partial charge in [0.05, 0.1) is 6.61 Å². The third kappa shape index (κ3) is 5.09. The van der Waals surface area contributed by atoms with E-state index >= 15 is 0 Å². The van der Waals surface area contributed by atoms with Crippen molar-refractivity contribution >= 4 is 17.7 Å². The molecule has 0 spiro atoms. The van der Waals surface area contributed by atoms with Crippen LogP contribution in [-0.4, -0.2) is 35.8 Å². The van der Waals surface area contributed by atoms with Crippen LogP contribution < -0.4 is 0 Å². The second-order valence-electron chi connectivity index (χ2n) is 2.05. The first-order chi connectivity index (χ1) is 5.22. The average molecular weight is 178 g/mol. The van der Waals surface area contributed by atoms with Crippen LogP contribution in [0.4, 0.5) is 0 Å². The summed E-state index contributed by atoms with van der Waals surface area (Å²) >= 11 is 1.60. The number of aliphatic hydroxyl groups is 1. The maximum absolute atomic E-state index is 10.8. The minimum absolute atomic E-state index is 0.329. The molecule has 1 atom stereocenters. The highest BCUT2D eigenvalue weighted by atomic mass is 32.2. The quantitative estimate of drug-likeness (QED) is 0.628. The minimum Gasteiger partial charge on any atom is -0.464 e. The van der Waals surface area contributed by atoms with Crippen molar-refractivity contribution in [3.05, 3.63) is 0 Å². The number of aliphatic hydroxyl groups excluding tert-OH is 1. The Morgan fingerprint density at radius 3 is 2.82 bits per heavy atom. The van der Waals surface area contributed by atoms with Crippen LogP contribution in [0.5, 0.6) is 0 Å². The number of hydrogen-bond acceptors (Lipinski definition) is 4. The predicted octanol–water partition coefficient (Wildman–Crippen LogP) is 0.663. The van der Waals surface area contributed by atoms with Gasteiger partial charge < -0.3 is 9.84 Å². The van der Waals surface area contributed by atoms with Crippen molar-refractivity contribution in [2.24, 2.45) is 0 Å². The molecule has 0 bridgehead atoms. The SMILES string of the molecule is CCOC(=O)C(O)CCSC. The summed E-state index contributed by atoms with van der Waals surface area (Å²) in [7, 11) is 0. The highest BCUT2D eigenvalue weighted by Gasteiger charge is 2.14. The van der Waals surface area contributed by atoms with E-state index in [1.165, 1.54) is 0 Å². The van der Waals surface area contributed by atoms with Crippen molar-refractivity contribution in [3.63, 3.8) is 0 Å². The van der Waals surface area contributed by atoms with E-state index in [0.717, 1.165) is 5.75 Å². The number of carbonyl (C=O) groups is 1. The van der Waals surface area contributed by atoms with E-state index in [0.29, 0.717) is 13.0 Å². The summed E-state index contributed by atoms with van der Waals surface area (Å²) in [4.78, 5) is 10.8. The molecule has 0 amide bonds. The third-order valence-electron chi connectivity index (χ3n) is 1.15. The number of esters is 1. The van der Waals surface area contributed by atoms with Crippen LogP contribution in [0.15, 0.2) is 0 Å². The molecule has 1 N–H and O–H groups in total. The van der Waals surface area contributed by atoms with Gasteiger partial charge in [0.2, 0.25) is 0 Å². The van der Waals surface area contributed by atoms with E-state index in [1.807, 2.05) is 6.26 Å². The molecule has 11 heavy (non-hydrogen) atoms. The lowest BCUT2D eigenvalue weighted by atomic mass is 10.3. The fourth-order valence-corrected chi connectivity index (χ4v) is 1.04. The molecule has 1 unspecified atom stereocenters. The molecule has 0 radical (unpaired) electrons. The summed E-state index contributed by atoms with van der Waals surface area (Å²) in [5.74, 6) is 0.265. The van der Waals surface area contributed by atoms with Gasteiger partial charge in [0, 0.05) is 0 Å². The average Bonchev–Trinajstić information content (AvgIpc) is 2.00. The van der Waals surface area contributed by atoms with Gasteiger partial charge in [-0.3, -0.25) is 0 Å². The van der Waals surface area contributed by atoms with Gasteiger partial charge >= 0.3 is 5.97 Å². The zero-order chi connectivity index (χ0) is 8.69. The molecule has 0 heterocycles. The minimum atomic E-state index is -0.942. The first-order valence-electron chi connectivity index (χ1n) is 3.56. The first kappa shape index (κ1) is 10.8. The molecule has 0 rings (SSSR count). The van der Waals surface area contributed by atoms with Crippen LogP contribution in [0.1, 0.15) is 13.3 Å². The van der Waals surface area contributed by atoms with Gasteiger partial charge in [0.1, 0.15) is 0 Å². The molecule has 0 aliphatic heterocycles. The molecular weight excluding hydrogens is 164 g/mol. The third-order valence-corrected chi connectivity index (χ3v) is 1.80. The summed E-state index contributed by atoms with van der Waals surface area (Å²) in [6.07, 6.45) is 1.46. The molecule has 4 heteroatoms. The number of hydrogen-bond donors (Lipinski definition) is 1. The molecular formula is C7H14O3S. The van der Waals surface area contributed by atoms with Crippen molar-refractivity contribution in [3.8, 4) is 0 Å². The first-order valence-corrected chi connectivity index (χ1v) is 4.95. The van der Waals surface area contributed by atoms with E-state index in [-0.39, 0.29) is 0 Å². The molecule has 66 valence electrons. The summed E-state index contributed by atoms with van der Waals surface area (Å²) in [5, 5.41) is 9.09. The highest BCUT2D eigenvalue weighted by molar-refractivity contribution is 7.98. The Hall–Kier alpha value is -0.220. The normalized spacial score (nSPS) is 12.6. The fourth-order valence-electron chi connectivity index (χ4n) is 0.586. The Morgan fingerprint density at radius 2 is 2.36 bits per heavy atom. The van der Waals surface area contributed by atoms with Crippen molar-refractivity contribution in [2.45, 2.75) is 19.4 Å². The summed E-state index contributed by atoms with van der Waals surface area (Å²) in [6, 6.07) is 0. The van der Waals surface area contributed by atoms with Crippen LogP contribution in [0.3, 0.4) is 0 Å². The van der Waals surface area contributed by atoms with E-state index < -0.39 is 12.1 Å². The van der Waals surface area contributed by atoms with Gasteiger partial charge in [-0.05, 0) is 25.4 Å². The Balaban J connectivity index is 3.46. The Labute approximate surface area is 71.1 Å². The van der Waals surface area contributed by atoms with Gasteiger partial charge in [-0.1, -0.05) is 0 Å². The Kier molecular flexibility index (Phi) is 6.36. The maximum atomic E-state index is 10.8. The van der Waals surface area contributed by atoms with Gasteiger partial charge in [-0.2, -0.15) is 11.8 Å². The van der Waals surface area contributed by atoms with Crippen LogP contribution in [0, 0.1) is 0 Å². The van der Waals surface area contributed by atoms with Crippen LogP contribution >= 0.6 is 11.8 Å². The highest BCUT2D eigenvalue weighted by Crippen LogP contribution is 2.01. The predicted molar refractivity (Wildman–Crippen MR) is 45.6 cm³/mol. The largest absolute Gasteiger partial charge is 0.464 e. The molecule has 0 fully saturated rings. The summed E-state index contributed by atoms with van der Waals surface area (Å²) in [5.41, 5.74) is 0. The number of thioether (sulfide) groups is 1.